The maximum absolute atomic E-state index is 14.4. The van der Waals surface area contributed by atoms with Crippen LogP contribution in [0.2, 0.25) is 0 Å². The standard InChI is InChI=1S/C40H34N2O6S/c1-5-47-39(44)35-24(2)41-40-42(37(35)36-30-16-9-7-12-27(30)18-20-32(36)45-3)38(43)34(49-40)22-25-17-19-31(33(21-25)46-4)48-23-28-14-10-13-26-11-6-8-15-29(26)28/h6-22,37H,5,23H2,1-4H3/b34-22-/t37-/m1/s1. The molecule has 2 heterocycles. The van der Waals surface area contributed by atoms with Crippen LogP contribution in [0.3, 0.4) is 0 Å². The van der Waals surface area contributed by atoms with Gasteiger partial charge in [0.15, 0.2) is 16.3 Å². The van der Waals surface area contributed by atoms with E-state index >= 15 is 0 Å². The van der Waals surface area contributed by atoms with Gasteiger partial charge in [-0.05, 0) is 70.8 Å². The number of esters is 1. The minimum atomic E-state index is -0.821. The van der Waals surface area contributed by atoms with Crippen molar-refractivity contribution in [1.82, 2.24) is 4.57 Å². The molecule has 0 radical (unpaired) electrons. The third-order valence-electron chi connectivity index (χ3n) is 8.69. The molecule has 246 valence electrons. The van der Waals surface area contributed by atoms with Gasteiger partial charge >= 0.3 is 5.97 Å². The van der Waals surface area contributed by atoms with E-state index in [4.69, 9.17) is 23.9 Å². The Labute approximate surface area is 286 Å². The number of hydrogen-bond acceptors (Lipinski definition) is 8. The largest absolute Gasteiger partial charge is 0.496 e. The molecule has 0 saturated carbocycles. The van der Waals surface area contributed by atoms with Crippen molar-refractivity contribution in [2.24, 2.45) is 4.99 Å². The number of allylic oxidation sites excluding steroid dienone is 1. The summed E-state index contributed by atoms with van der Waals surface area (Å²) in [6.07, 6.45) is 1.81. The molecule has 0 amide bonds. The predicted molar refractivity (Wildman–Crippen MR) is 192 cm³/mol. The van der Waals surface area contributed by atoms with Crippen LogP contribution in [0, 0.1) is 0 Å². The SMILES string of the molecule is CCOC(=O)C1=C(C)N=c2s/c(=C\c3ccc(OCc4cccc5ccccc45)c(OC)c3)c(=O)n2[C@H]1c1c(OC)ccc2ccccc12. The van der Waals surface area contributed by atoms with Crippen molar-refractivity contribution in [3.05, 3.63) is 145 Å². The number of methoxy groups -OCH3 is 2. The molecule has 0 unspecified atom stereocenters. The van der Waals surface area contributed by atoms with Gasteiger partial charge in [-0.15, -0.1) is 0 Å². The average molecular weight is 671 g/mol. The second-order valence-electron chi connectivity index (χ2n) is 11.5. The Balaban J connectivity index is 1.31. The molecule has 7 rings (SSSR count). The first kappa shape index (κ1) is 31.9. The molecule has 1 aliphatic rings. The summed E-state index contributed by atoms with van der Waals surface area (Å²) in [5.74, 6) is 1.16. The molecule has 8 nitrogen and oxygen atoms in total. The first-order chi connectivity index (χ1) is 23.9. The zero-order chi connectivity index (χ0) is 34.1. The van der Waals surface area contributed by atoms with Gasteiger partial charge in [-0.3, -0.25) is 9.36 Å². The number of nitrogens with zero attached hydrogens (tertiary/aromatic N) is 2. The van der Waals surface area contributed by atoms with Crippen molar-refractivity contribution in [2.75, 3.05) is 20.8 Å². The molecule has 5 aromatic carbocycles. The van der Waals surface area contributed by atoms with Crippen LogP contribution < -0.4 is 29.1 Å². The molecular formula is C40H34N2O6S. The second-order valence-corrected chi connectivity index (χ2v) is 12.6. The van der Waals surface area contributed by atoms with E-state index in [1.807, 2.05) is 78.9 Å². The Bertz CT molecular complexity index is 2450. The molecule has 1 aliphatic heterocycles. The lowest BCUT2D eigenvalue weighted by Crippen LogP contribution is -2.40. The summed E-state index contributed by atoms with van der Waals surface area (Å²) in [6.45, 7) is 4.08. The van der Waals surface area contributed by atoms with Gasteiger partial charge in [0.25, 0.3) is 5.56 Å². The highest BCUT2D eigenvalue weighted by molar-refractivity contribution is 7.07. The lowest BCUT2D eigenvalue weighted by Gasteiger charge is -2.27. The van der Waals surface area contributed by atoms with Crippen LogP contribution in [0.1, 0.15) is 36.6 Å². The summed E-state index contributed by atoms with van der Waals surface area (Å²) < 4.78 is 25.3. The molecular weight excluding hydrogens is 637 g/mol. The summed E-state index contributed by atoms with van der Waals surface area (Å²) in [4.78, 5) is 33.1. The molecule has 0 saturated heterocycles. The molecule has 0 N–H and O–H groups in total. The molecule has 1 aromatic heterocycles. The Morgan fingerprint density at radius 3 is 2.31 bits per heavy atom. The summed E-state index contributed by atoms with van der Waals surface area (Å²) in [6, 6.07) is 30.8. The number of aromatic nitrogens is 1. The number of benzene rings is 5. The number of thiazole rings is 1. The normalized spacial score (nSPS) is 14.4. The smallest absolute Gasteiger partial charge is 0.338 e. The number of hydrogen-bond donors (Lipinski definition) is 0. The number of ether oxygens (including phenoxy) is 4. The quantitative estimate of drug-likeness (QED) is 0.159. The third kappa shape index (κ3) is 5.87. The maximum Gasteiger partial charge on any atom is 0.338 e. The van der Waals surface area contributed by atoms with Crippen molar-refractivity contribution in [3.8, 4) is 17.2 Å². The Morgan fingerprint density at radius 2 is 1.55 bits per heavy atom. The van der Waals surface area contributed by atoms with Crippen LogP contribution in [0.15, 0.2) is 118 Å². The zero-order valence-electron chi connectivity index (χ0n) is 27.6. The fourth-order valence-electron chi connectivity index (χ4n) is 6.42. The van der Waals surface area contributed by atoms with Crippen molar-refractivity contribution in [2.45, 2.75) is 26.5 Å². The molecule has 49 heavy (non-hydrogen) atoms. The summed E-state index contributed by atoms with van der Waals surface area (Å²) >= 11 is 1.26. The maximum atomic E-state index is 14.4. The predicted octanol–water partition coefficient (Wildman–Crippen LogP) is 6.70. The van der Waals surface area contributed by atoms with E-state index in [0.717, 1.165) is 32.7 Å². The summed E-state index contributed by atoms with van der Waals surface area (Å²) in [7, 11) is 3.18. The lowest BCUT2D eigenvalue weighted by molar-refractivity contribution is -0.139. The van der Waals surface area contributed by atoms with E-state index in [2.05, 4.69) is 24.3 Å². The third-order valence-corrected chi connectivity index (χ3v) is 9.67. The fraction of sp³-hybridized carbons (Fsp3) is 0.175. The highest BCUT2D eigenvalue weighted by Crippen LogP contribution is 2.40. The Hall–Kier alpha value is -5.67. The number of fused-ring (bicyclic) bond motifs is 3. The summed E-state index contributed by atoms with van der Waals surface area (Å²) in [5.41, 5.74) is 3.01. The van der Waals surface area contributed by atoms with E-state index in [9.17, 15) is 9.59 Å². The average Bonchev–Trinajstić information content (AvgIpc) is 3.43. The molecule has 0 fully saturated rings. The van der Waals surface area contributed by atoms with Crippen LogP contribution in [0.4, 0.5) is 0 Å². The first-order valence-electron chi connectivity index (χ1n) is 15.9. The van der Waals surface area contributed by atoms with Gasteiger partial charge in [-0.25, -0.2) is 9.79 Å². The number of rotatable bonds is 9. The van der Waals surface area contributed by atoms with Crippen molar-refractivity contribution >= 4 is 44.9 Å². The minimum absolute atomic E-state index is 0.183. The van der Waals surface area contributed by atoms with Crippen molar-refractivity contribution in [3.63, 3.8) is 0 Å². The second kappa shape index (κ2) is 13.4. The van der Waals surface area contributed by atoms with Gasteiger partial charge in [0.1, 0.15) is 18.4 Å². The number of carbonyl (C=O) groups excluding carboxylic acids is 1. The molecule has 0 bridgehead atoms. The zero-order valence-corrected chi connectivity index (χ0v) is 28.4. The number of carbonyl (C=O) groups is 1. The Morgan fingerprint density at radius 1 is 0.857 bits per heavy atom. The molecule has 1 atom stereocenters. The summed E-state index contributed by atoms with van der Waals surface area (Å²) in [5, 5.41) is 4.10. The highest BCUT2D eigenvalue weighted by atomic mass is 32.1. The molecule has 9 heteroatoms. The Kier molecular flexibility index (Phi) is 8.76. The van der Waals surface area contributed by atoms with Gasteiger partial charge in [-0.1, -0.05) is 90.2 Å². The van der Waals surface area contributed by atoms with Gasteiger partial charge in [-0.2, -0.15) is 0 Å². The van der Waals surface area contributed by atoms with Crippen molar-refractivity contribution in [1.29, 1.82) is 0 Å². The van der Waals surface area contributed by atoms with E-state index in [1.165, 1.54) is 11.3 Å². The van der Waals surface area contributed by atoms with Crippen LogP contribution in [0.5, 0.6) is 17.2 Å². The van der Waals surface area contributed by atoms with Crippen LogP contribution >= 0.6 is 11.3 Å². The van der Waals surface area contributed by atoms with Gasteiger partial charge in [0.2, 0.25) is 0 Å². The lowest BCUT2D eigenvalue weighted by atomic mass is 9.90. The first-order valence-corrected chi connectivity index (χ1v) is 16.8. The van der Waals surface area contributed by atoms with E-state index < -0.39 is 12.0 Å². The van der Waals surface area contributed by atoms with Crippen LogP contribution in [0.25, 0.3) is 27.6 Å². The van der Waals surface area contributed by atoms with Gasteiger partial charge < -0.3 is 18.9 Å². The van der Waals surface area contributed by atoms with Crippen LogP contribution in [-0.4, -0.2) is 31.4 Å². The van der Waals surface area contributed by atoms with Gasteiger partial charge in [0.05, 0.1) is 36.6 Å². The minimum Gasteiger partial charge on any atom is -0.496 e. The monoisotopic (exact) mass is 670 g/mol. The van der Waals surface area contributed by atoms with E-state index in [1.54, 1.807) is 32.6 Å². The fourth-order valence-corrected chi connectivity index (χ4v) is 7.47. The highest BCUT2D eigenvalue weighted by Gasteiger charge is 2.36. The van der Waals surface area contributed by atoms with Crippen molar-refractivity contribution < 1.29 is 23.7 Å². The topological polar surface area (TPSA) is 88.4 Å². The van der Waals surface area contributed by atoms with Crippen LogP contribution in [-0.2, 0) is 16.1 Å². The molecule has 0 aliphatic carbocycles. The van der Waals surface area contributed by atoms with Gasteiger partial charge in [0, 0.05) is 5.56 Å². The molecule has 0 spiro atoms. The van der Waals surface area contributed by atoms with E-state index in [0.29, 0.717) is 50.0 Å². The van der Waals surface area contributed by atoms with E-state index in [-0.39, 0.29) is 12.2 Å². The molecule has 6 aromatic rings.